The Morgan fingerprint density at radius 1 is 1.21 bits per heavy atom. The Bertz CT molecular complexity index is 1100. The minimum atomic E-state index is -4.99. The largest absolute Gasteiger partial charge is 0.505 e. The maximum atomic E-state index is 13.5. The van der Waals surface area contributed by atoms with Gasteiger partial charge in [0.25, 0.3) is 0 Å². The molecule has 1 aromatic carbocycles. The van der Waals surface area contributed by atoms with Crippen molar-refractivity contribution in [1.29, 1.82) is 0 Å². The van der Waals surface area contributed by atoms with E-state index in [1.54, 1.807) is 0 Å². The highest BCUT2D eigenvalue weighted by atomic mass is 35.5. The Kier molecular flexibility index (Phi) is 5.00. The van der Waals surface area contributed by atoms with E-state index in [-0.39, 0.29) is 11.1 Å². The Labute approximate surface area is 163 Å². The molecule has 4 N–H and O–H groups in total. The number of halogens is 4. The van der Waals surface area contributed by atoms with Gasteiger partial charge in [0.2, 0.25) is 5.78 Å². The van der Waals surface area contributed by atoms with Gasteiger partial charge < -0.3 is 15.9 Å². The van der Waals surface area contributed by atoms with Crippen LogP contribution in [0.5, 0.6) is 5.75 Å². The van der Waals surface area contributed by atoms with E-state index < -0.39 is 45.8 Å². The van der Waals surface area contributed by atoms with Gasteiger partial charge in [0, 0.05) is 10.6 Å². The topological polar surface area (TPSA) is 126 Å². The number of benzene rings is 1. The van der Waals surface area contributed by atoms with Crippen molar-refractivity contribution in [2.24, 2.45) is 5.73 Å². The molecule has 3 rings (SSSR count). The van der Waals surface area contributed by atoms with Gasteiger partial charge in [-0.05, 0) is 23.7 Å². The number of hydrogen-bond donors (Lipinski definition) is 3. The minimum absolute atomic E-state index is 0.0417. The number of nitrogens with two attached hydrogens (primary N) is 1. The summed E-state index contributed by atoms with van der Waals surface area (Å²) in [6.07, 6.45) is -4.99. The SMILES string of the molecule is NC(C(=O)O)C(=O)c1nc(C(F)(F)F)c2snc(-c3ccc(Cl)cc3)c2c1O. The summed E-state index contributed by atoms with van der Waals surface area (Å²) in [5, 5.41) is 19.3. The fourth-order valence-corrected chi connectivity index (χ4v) is 3.47. The van der Waals surface area contributed by atoms with E-state index in [1.807, 2.05) is 0 Å². The zero-order valence-corrected chi connectivity index (χ0v) is 15.1. The van der Waals surface area contributed by atoms with Crippen LogP contribution in [0.2, 0.25) is 5.02 Å². The molecule has 3 aromatic rings. The van der Waals surface area contributed by atoms with Gasteiger partial charge in [0.1, 0.15) is 0 Å². The molecule has 0 bridgehead atoms. The van der Waals surface area contributed by atoms with Gasteiger partial charge >= 0.3 is 12.1 Å². The lowest BCUT2D eigenvalue weighted by molar-refractivity contribution is -0.139. The highest BCUT2D eigenvalue weighted by molar-refractivity contribution is 7.14. The Balaban J connectivity index is 2.36. The van der Waals surface area contributed by atoms with Gasteiger partial charge in [-0.15, -0.1) is 0 Å². The number of carboxylic acids is 1. The van der Waals surface area contributed by atoms with Crippen molar-refractivity contribution in [3.63, 3.8) is 0 Å². The van der Waals surface area contributed by atoms with E-state index in [2.05, 4.69) is 9.36 Å². The predicted molar refractivity (Wildman–Crippen MR) is 94.5 cm³/mol. The number of carbonyl (C=O) groups is 2. The summed E-state index contributed by atoms with van der Waals surface area (Å²) in [6.45, 7) is 0. The molecule has 146 valence electrons. The van der Waals surface area contributed by atoms with Crippen LogP contribution in [-0.4, -0.2) is 37.4 Å². The van der Waals surface area contributed by atoms with Crippen molar-refractivity contribution in [3.8, 4) is 17.0 Å². The fourth-order valence-electron chi connectivity index (χ4n) is 2.43. The first-order chi connectivity index (χ1) is 13.0. The normalized spacial score (nSPS) is 12.9. The lowest BCUT2D eigenvalue weighted by Crippen LogP contribution is -2.39. The number of aromatic nitrogens is 2. The molecule has 0 aliphatic heterocycles. The average Bonchev–Trinajstić information content (AvgIpc) is 3.05. The molecule has 0 amide bonds. The van der Waals surface area contributed by atoms with Gasteiger partial charge in [-0.25, -0.2) is 4.98 Å². The molecule has 7 nitrogen and oxygen atoms in total. The number of Topliss-reactive ketones (excluding diaryl/α,β-unsaturated/α-hetero) is 1. The molecular formula is C16H9ClF3N3O4S. The fraction of sp³-hybridized carbons (Fsp3) is 0.125. The highest BCUT2D eigenvalue weighted by Gasteiger charge is 2.40. The number of ketones is 1. The number of fused-ring (bicyclic) bond motifs is 1. The number of aliphatic carboxylic acids is 1. The van der Waals surface area contributed by atoms with E-state index in [0.29, 0.717) is 22.1 Å². The Morgan fingerprint density at radius 2 is 1.82 bits per heavy atom. The van der Waals surface area contributed by atoms with E-state index >= 15 is 0 Å². The lowest BCUT2D eigenvalue weighted by Gasteiger charge is -2.13. The molecule has 0 spiro atoms. The number of hydrogen-bond acceptors (Lipinski definition) is 7. The van der Waals surface area contributed by atoms with Crippen LogP contribution in [0, 0.1) is 0 Å². The van der Waals surface area contributed by atoms with Crippen molar-refractivity contribution in [2.45, 2.75) is 12.2 Å². The summed E-state index contributed by atoms with van der Waals surface area (Å²) in [5.41, 5.74) is 2.91. The quantitative estimate of drug-likeness (QED) is 0.427. The van der Waals surface area contributed by atoms with Gasteiger partial charge in [-0.2, -0.15) is 17.5 Å². The van der Waals surface area contributed by atoms with Gasteiger partial charge in [0.15, 0.2) is 23.2 Å². The van der Waals surface area contributed by atoms with Crippen LogP contribution >= 0.6 is 23.1 Å². The smallest absolute Gasteiger partial charge is 0.434 e. The summed E-state index contributed by atoms with van der Waals surface area (Å²) < 4.78 is 43.9. The van der Waals surface area contributed by atoms with Crippen LogP contribution in [0.15, 0.2) is 24.3 Å². The molecule has 0 saturated heterocycles. The molecule has 1 atom stereocenters. The monoisotopic (exact) mass is 431 g/mol. The Hall–Kier alpha value is -2.76. The maximum absolute atomic E-state index is 13.5. The first kappa shape index (κ1) is 20.0. The van der Waals surface area contributed by atoms with E-state index in [1.165, 1.54) is 24.3 Å². The number of carbonyl (C=O) groups excluding carboxylic acids is 1. The van der Waals surface area contributed by atoms with E-state index in [0.717, 1.165) is 0 Å². The van der Waals surface area contributed by atoms with Gasteiger partial charge in [0.05, 0.1) is 15.8 Å². The van der Waals surface area contributed by atoms with Crippen molar-refractivity contribution >= 4 is 45.0 Å². The molecule has 0 fully saturated rings. The summed E-state index contributed by atoms with van der Waals surface area (Å²) in [7, 11) is 0. The molecule has 12 heteroatoms. The third kappa shape index (κ3) is 3.39. The first-order valence-corrected chi connectivity index (χ1v) is 8.55. The number of aromatic hydroxyl groups is 1. The van der Waals surface area contributed by atoms with Crippen LogP contribution in [0.1, 0.15) is 16.2 Å². The summed E-state index contributed by atoms with van der Waals surface area (Å²) in [6, 6.07) is 3.68. The van der Waals surface area contributed by atoms with Crippen LogP contribution in [0.3, 0.4) is 0 Å². The van der Waals surface area contributed by atoms with Crippen molar-refractivity contribution in [1.82, 2.24) is 9.36 Å². The standard InChI is InChI=1S/C16H9ClF3N3O4S/c17-6-3-1-5(2-4-6)9-7-11(24)10(12(25)8(21)15(26)27)22-14(16(18,19)20)13(7)28-23-9/h1-4,8,24H,21H2,(H,26,27). The maximum Gasteiger partial charge on any atom is 0.434 e. The molecule has 1 unspecified atom stereocenters. The summed E-state index contributed by atoms with van der Waals surface area (Å²) >= 11 is 6.23. The molecule has 28 heavy (non-hydrogen) atoms. The third-order valence-electron chi connectivity index (χ3n) is 3.76. The number of rotatable bonds is 4. The number of carboxylic acid groups (broad SMARTS) is 1. The Morgan fingerprint density at radius 3 is 2.36 bits per heavy atom. The highest BCUT2D eigenvalue weighted by Crippen LogP contribution is 2.44. The molecule has 0 aliphatic rings. The third-order valence-corrected chi connectivity index (χ3v) is 4.87. The van der Waals surface area contributed by atoms with Crippen LogP contribution in [-0.2, 0) is 11.0 Å². The molecule has 0 radical (unpaired) electrons. The number of pyridine rings is 1. The molecular weight excluding hydrogens is 423 g/mol. The van der Waals surface area contributed by atoms with Gasteiger partial charge in [-0.1, -0.05) is 23.7 Å². The second-order valence-corrected chi connectivity index (χ2v) is 6.79. The van der Waals surface area contributed by atoms with E-state index in [9.17, 15) is 27.9 Å². The van der Waals surface area contributed by atoms with Crippen LogP contribution < -0.4 is 5.73 Å². The van der Waals surface area contributed by atoms with Crippen LogP contribution in [0.25, 0.3) is 21.3 Å². The minimum Gasteiger partial charge on any atom is -0.505 e. The van der Waals surface area contributed by atoms with Crippen molar-refractivity contribution in [3.05, 3.63) is 40.7 Å². The first-order valence-electron chi connectivity index (χ1n) is 7.40. The average molecular weight is 432 g/mol. The molecule has 0 saturated carbocycles. The molecule has 2 aromatic heterocycles. The number of alkyl halides is 3. The van der Waals surface area contributed by atoms with Crippen molar-refractivity contribution in [2.75, 3.05) is 0 Å². The van der Waals surface area contributed by atoms with Gasteiger partial charge in [-0.3, -0.25) is 9.59 Å². The molecule has 2 heterocycles. The number of nitrogens with zero attached hydrogens (tertiary/aromatic N) is 2. The lowest BCUT2D eigenvalue weighted by atomic mass is 10.0. The van der Waals surface area contributed by atoms with Crippen molar-refractivity contribution < 1.29 is 33.0 Å². The zero-order valence-electron chi connectivity index (χ0n) is 13.5. The summed E-state index contributed by atoms with van der Waals surface area (Å²) in [5.74, 6) is -4.17. The predicted octanol–water partition coefficient (Wildman–Crippen LogP) is 3.33. The van der Waals surface area contributed by atoms with Crippen LogP contribution in [0.4, 0.5) is 13.2 Å². The summed E-state index contributed by atoms with van der Waals surface area (Å²) in [4.78, 5) is 26.3. The zero-order chi connectivity index (χ0) is 20.8. The second kappa shape index (κ2) is 7.00. The second-order valence-electron chi connectivity index (χ2n) is 5.58. The van der Waals surface area contributed by atoms with E-state index in [4.69, 9.17) is 22.4 Å². The molecule has 0 aliphatic carbocycles.